The zero-order valence-electron chi connectivity index (χ0n) is 9.81. The Balaban J connectivity index is 2.42. The molecule has 1 aromatic carbocycles. The van der Waals surface area contributed by atoms with Gasteiger partial charge in [-0.05, 0) is 35.9 Å². The Morgan fingerprint density at radius 2 is 2.17 bits per heavy atom. The van der Waals surface area contributed by atoms with Crippen molar-refractivity contribution in [1.29, 1.82) is 0 Å². The van der Waals surface area contributed by atoms with Crippen LogP contribution >= 0.6 is 34.7 Å². The summed E-state index contributed by atoms with van der Waals surface area (Å²) in [5, 5.41) is 1.61. The standard InChI is InChI=1S/C12H11ClO2S3/c1-16-12(18(2)15)11(14)10-6-7-5-8(13)3-4-9(7)17-10/h3-6,12H,1-2H3. The van der Waals surface area contributed by atoms with E-state index in [9.17, 15) is 9.00 Å². The maximum atomic E-state index is 12.2. The average molecular weight is 319 g/mol. The highest BCUT2D eigenvalue weighted by Crippen LogP contribution is 2.30. The van der Waals surface area contributed by atoms with Gasteiger partial charge in [0.1, 0.15) is 4.58 Å². The summed E-state index contributed by atoms with van der Waals surface area (Å²) in [7, 11) is -1.17. The zero-order chi connectivity index (χ0) is 13.3. The highest BCUT2D eigenvalue weighted by molar-refractivity contribution is 8.11. The molecule has 2 aromatic rings. The SMILES string of the molecule is CSC(C(=O)c1cc2cc(Cl)ccc2s1)S(C)=O. The molecule has 96 valence electrons. The number of Topliss-reactive ketones (excluding diaryl/α,β-unsaturated/α-hetero) is 1. The molecule has 0 amide bonds. The summed E-state index contributed by atoms with van der Waals surface area (Å²) in [4.78, 5) is 12.9. The second kappa shape index (κ2) is 5.74. The van der Waals surface area contributed by atoms with Crippen molar-refractivity contribution in [3.05, 3.63) is 34.2 Å². The minimum Gasteiger partial charge on any atom is -0.291 e. The number of ketones is 1. The Hall–Kier alpha value is -0.360. The third kappa shape index (κ3) is 2.79. The summed E-state index contributed by atoms with van der Waals surface area (Å²) in [5.74, 6) is -0.0688. The Morgan fingerprint density at radius 3 is 2.78 bits per heavy atom. The fraction of sp³-hybridized carbons (Fsp3) is 0.250. The maximum absolute atomic E-state index is 12.2. The van der Waals surface area contributed by atoms with E-state index in [2.05, 4.69) is 0 Å². The quantitative estimate of drug-likeness (QED) is 0.804. The molecule has 2 nitrogen and oxygen atoms in total. The van der Waals surface area contributed by atoms with Crippen LogP contribution in [0.15, 0.2) is 24.3 Å². The molecule has 0 N–H and O–H groups in total. The number of thiophene rings is 1. The summed E-state index contributed by atoms with van der Waals surface area (Å²) in [6.45, 7) is 0. The molecule has 0 fully saturated rings. The Labute approximate surface area is 121 Å². The van der Waals surface area contributed by atoms with Crippen LogP contribution in [0, 0.1) is 0 Å². The zero-order valence-corrected chi connectivity index (χ0v) is 13.0. The minimum absolute atomic E-state index is 0.0688. The number of benzene rings is 1. The van der Waals surface area contributed by atoms with E-state index < -0.39 is 15.4 Å². The number of carbonyl (C=O) groups excluding carboxylic acids is 1. The lowest BCUT2D eigenvalue weighted by molar-refractivity contribution is 0.101. The summed E-state index contributed by atoms with van der Waals surface area (Å²) in [5.41, 5.74) is 0. The number of hydrogen-bond acceptors (Lipinski definition) is 4. The fourth-order valence-corrected chi connectivity index (χ4v) is 4.84. The van der Waals surface area contributed by atoms with E-state index in [0.717, 1.165) is 10.1 Å². The highest BCUT2D eigenvalue weighted by Gasteiger charge is 2.24. The van der Waals surface area contributed by atoms with Gasteiger partial charge in [0, 0.05) is 26.8 Å². The van der Waals surface area contributed by atoms with Crippen molar-refractivity contribution in [1.82, 2.24) is 0 Å². The van der Waals surface area contributed by atoms with E-state index in [0.29, 0.717) is 9.90 Å². The monoisotopic (exact) mass is 318 g/mol. The predicted molar refractivity (Wildman–Crippen MR) is 82.5 cm³/mol. The molecule has 2 unspecified atom stereocenters. The van der Waals surface area contributed by atoms with Gasteiger partial charge in [-0.25, -0.2) is 0 Å². The predicted octanol–water partition coefficient (Wildman–Crippen LogP) is 3.81. The topological polar surface area (TPSA) is 34.1 Å². The van der Waals surface area contributed by atoms with Crippen molar-refractivity contribution >= 4 is 61.4 Å². The molecule has 0 bridgehead atoms. The summed E-state index contributed by atoms with van der Waals surface area (Å²) in [6, 6.07) is 7.36. The van der Waals surface area contributed by atoms with E-state index in [1.807, 2.05) is 18.2 Å². The van der Waals surface area contributed by atoms with Crippen LogP contribution in [0.2, 0.25) is 5.02 Å². The third-order valence-corrected chi connectivity index (χ3v) is 6.67. The number of carbonyl (C=O) groups is 1. The van der Waals surface area contributed by atoms with Crippen molar-refractivity contribution < 1.29 is 9.00 Å². The van der Waals surface area contributed by atoms with Gasteiger partial charge < -0.3 is 0 Å². The lowest BCUT2D eigenvalue weighted by Crippen LogP contribution is -2.20. The second-order valence-corrected chi connectivity index (χ2v) is 7.95. The summed E-state index contributed by atoms with van der Waals surface area (Å²) >= 11 is 8.66. The van der Waals surface area contributed by atoms with Gasteiger partial charge in [0.05, 0.1) is 4.88 Å². The highest BCUT2D eigenvalue weighted by atomic mass is 35.5. The third-order valence-electron chi connectivity index (χ3n) is 2.45. The molecule has 0 aliphatic carbocycles. The first-order valence-corrected chi connectivity index (χ1v) is 9.21. The lowest BCUT2D eigenvalue weighted by atomic mass is 10.2. The first kappa shape index (κ1) is 14.1. The van der Waals surface area contributed by atoms with Gasteiger partial charge in [-0.3, -0.25) is 9.00 Å². The first-order valence-electron chi connectivity index (χ1n) is 5.11. The van der Waals surface area contributed by atoms with Crippen molar-refractivity contribution in [2.45, 2.75) is 4.58 Å². The van der Waals surface area contributed by atoms with Crippen LogP contribution in [-0.4, -0.2) is 27.1 Å². The van der Waals surface area contributed by atoms with Crippen LogP contribution in [0.1, 0.15) is 9.67 Å². The van der Waals surface area contributed by atoms with Crippen LogP contribution in [0.25, 0.3) is 10.1 Å². The van der Waals surface area contributed by atoms with Crippen molar-refractivity contribution in [2.24, 2.45) is 0 Å². The van der Waals surface area contributed by atoms with Crippen LogP contribution in [0.3, 0.4) is 0 Å². The average Bonchev–Trinajstić information content (AvgIpc) is 2.72. The van der Waals surface area contributed by atoms with Crippen LogP contribution in [0.4, 0.5) is 0 Å². The van der Waals surface area contributed by atoms with Crippen LogP contribution in [0.5, 0.6) is 0 Å². The van der Waals surface area contributed by atoms with E-state index in [1.165, 1.54) is 23.1 Å². The van der Waals surface area contributed by atoms with Crippen molar-refractivity contribution in [3.8, 4) is 0 Å². The van der Waals surface area contributed by atoms with Gasteiger partial charge in [-0.2, -0.15) is 0 Å². The number of thioether (sulfide) groups is 1. The molecule has 0 spiro atoms. The van der Waals surface area contributed by atoms with E-state index in [4.69, 9.17) is 11.6 Å². The molecule has 0 aliphatic rings. The van der Waals surface area contributed by atoms with E-state index in [1.54, 1.807) is 18.6 Å². The smallest absolute Gasteiger partial charge is 0.198 e. The Kier molecular flexibility index (Phi) is 4.48. The van der Waals surface area contributed by atoms with Gasteiger partial charge in [0.2, 0.25) is 0 Å². The van der Waals surface area contributed by atoms with Gasteiger partial charge in [-0.1, -0.05) is 11.6 Å². The molecule has 1 heterocycles. The second-order valence-electron chi connectivity index (χ2n) is 3.72. The number of fused-ring (bicyclic) bond motifs is 1. The lowest BCUT2D eigenvalue weighted by Gasteiger charge is -2.07. The molecule has 0 radical (unpaired) electrons. The Morgan fingerprint density at radius 1 is 1.44 bits per heavy atom. The molecule has 0 saturated carbocycles. The molecule has 18 heavy (non-hydrogen) atoms. The van der Waals surface area contributed by atoms with Crippen LogP contribution < -0.4 is 0 Å². The van der Waals surface area contributed by atoms with Crippen molar-refractivity contribution in [3.63, 3.8) is 0 Å². The van der Waals surface area contributed by atoms with E-state index >= 15 is 0 Å². The largest absolute Gasteiger partial charge is 0.291 e. The number of rotatable bonds is 4. The molecular formula is C12H11ClO2S3. The van der Waals surface area contributed by atoms with Gasteiger partial charge >= 0.3 is 0 Å². The normalized spacial score (nSPS) is 14.6. The van der Waals surface area contributed by atoms with Gasteiger partial charge in [-0.15, -0.1) is 23.1 Å². The first-order chi connectivity index (χ1) is 8.52. The summed E-state index contributed by atoms with van der Waals surface area (Å²) in [6.07, 6.45) is 3.36. The molecule has 0 saturated heterocycles. The van der Waals surface area contributed by atoms with E-state index in [-0.39, 0.29) is 5.78 Å². The van der Waals surface area contributed by atoms with Crippen molar-refractivity contribution in [2.75, 3.05) is 12.5 Å². The molecule has 1 aromatic heterocycles. The maximum Gasteiger partial charge on any atom is 0.198 e. The molecule has 0 aliphatic heterocycles. The molecule has 2 atom stereocenters. The van der Waals surface area contributed by atoms with Gasteiger partial charge in [0.15, 0.2) is 5.78 Å². The molecule has 2 rings (SSSR count). The molecule has 6 heteroatoms. The molecular weight excluding hydrogens is 308 g/mol. The fourth-order valence-electron chi connectivity index (χ4n) is 1.65. The minimum atomic E-state index is -1.17. The Bertz CT molecular complexity index is 621. The van der Waals surface area contributed by atoms with Gasteiger partial charge in [0.25, 0.3) is 0 Å². The number of hydrogen-bond donors (Lipinski definition) is 0. The van der Waals surface area contributed by atoms with Crippen LogP contribution in [-0.2, 0) is 10.8 Å². The number of halogens is 1. The summed E-state index contributed by atoms with van der Waals surface area (Å²) < 4.78 is 12.0.